The van der Waals surface area contributed by atoms with Gasteiger partial charge in [-0.15, -0.1) is 23.1 Å². The maximum absolute atomic E-state index is 12.9. The number of hydrogen-bond donors (Lipinski definition) is 3. The number of fused-ring (bicyclic) bond motifs is 1. The van der Waals surface area contributed by atoms with Gasteiger partial charge in [-0.25, -0.2) is 14.3 Å². The molecule has 1 saturated heterocycles. The number of carboxylic acids is 1. The van der Waals surface area contributed by atoms with Gasteiger partial charge in [0.25, 0.3) is 11.8 Å². The van der Waals surface area contributed by atoms with Crippen molar-refractivity contribution in [3.8, 4) is 0 Å². The number of aromatic nitrogens is 2. The van der Waals surface area contributed by atoms with E-state index >= 15 is 0 Å². The molecule has 0 aromatic carbocycles. The van der Waals surface area contributed by atoms with E-state index < -0.39 is 29.2 Å². The Kier molecular flexibility index (Phi) is 6.10. The van der Waals surface area contributed by atoms with Gasteiger partial charge in [0.1, 0.15) is 29.9 Å². The molecule has 166 valence electrons. The van der Waals surface area contributed by atoms with E-state index in [0.29, 0.717) is 17.9 Å². The minimum absolute atomic E-state index is 0.0429. The second-order valence-corrected chi connectivity index (χ2v) is 8.85. The maximum Gasteiger partial charge on any atom is 0.352 e. The third-order valence-electron chi connectivity index (χ3n) is 4.85. The molecule has 2 atom stereocenters. The van der Waals surface area contributed by atoms with Crippen LogP contribution in [0.1, 0.15) is 5.69 Å². The number of amides is 2. The fraction of sp³-hybridized carbons (Fsp3) is 0.263. The quantitative estimate of drug-likeness (QED) is 0.216. The minimum atomic E-state index is -1.18. The monoisotopic (exact) mass is 475 g/mol. The second kappa shape index (κ2) is 8.96. The van der Waals surface area contributed by atoms with E-state index in [-0.39, 0.29) is 22.2 Å². The summed E-state index contributed by atoms with van der Waals surface area (Å²) in [5.74, 6) is -1.94. The number of pyridine rings is 1. The molecular weight excluding hydrogens is 456 g/mol. The summed E-state index contributed by atoms with van der Waals surface area (Å²) in [6.45, 7) is 0.346. The first-order valence-electron chi connectivity index (χ1n) is 9.38. The smallest absolute Gasteiger partial charge is 0.352 e. The number of thioether (sulfide) groups is 1. The van der Waals surface area contributed by atoms with Crippen molar-refractivity contribution in [1.82, 2.24) is 15.2 Å². The van der Waals surface area contributed by atoms with E-state index in [2.05, 4.69) is 15.5 Å². The number of rotatable bonds is 7. The number of aliphatic carboxylic acids is 1. The molecule has 2 aromatic heterocycles. The molecule has 13 heteroatoms. The molecule has 11 nitrogen and oxygen atoms in total. The molecule has 2 aromatic rings. The average molecular weight is 476 g/mol. The molecule has 0 radical (unpaired) electrons. The molecule has 2 aliphatic rings. The lowest BCUT2D eigenvalue weighted by Crippen LogP contribution is -2.71. The van der Waals surface area contributed by atoms with Gasteiger partial charge in [-0.1, -0.05) is 11.2 Å². The molecule has 1 fully saturated rings. The number of nitrogens with zero attached hydrogens (tertiary/aromatic N) is 4. The van der Waals surface area contributed by atoms with Crippen LogP contribution in [0, 0.1) is 0 Å². The molecular formula is C19H19N6O5S2+. The fourth-order valence-corrected chi connectivity index (χ4v) is 5.35. The third-order valence-corrected chi connectivity index (χ3v) is 6.86. The lowest BCUT2D eigenvalue weighted by atomic mass is 10.0. The van der Waals surface area contributed by atoms with Crippen LogP contribution < -0.4 is 15.6 Å². The van der Waals surface area contributed by atoms with E-state index in [1.165, 1.54) is 23.8 Å². The Bertz CT molecular complexity index is 1130. The van der Waals surface area contributed by atoms with E-state index in [9.17, 15) is 19.5 Å². The molecule has 0 bridgehead atoms. The Morgan fingerprint density at radius 3 is 2.78 bits per heavy atom. The molecule has 0 spiro atoms. The zero-order chi connectivity index (χ0) is 22.8. The number of nitrogens with two attached hydrogens (primary N) is 1. The third kappa shape index (κ3) is 4.03. The molecule has 4 N–H and O–H groups in total. The Morgan fingerprint density at radius 1 is 1.41 bits per heavy atom. The summed E-state index contributed by atoms with van der Waals surface area (Å²) in [6, 6.07) is 4.65. The standard InChI is InChI=1S/C19H18N6O5S2/c1-30-23-12(11-9-32-19(20)21-11)15(26)22-13-16(27)25-14(18(28)29)10(8-31-17(13)25)7-24-5-3-2-4-6-24/h2-6,9,13,17H,7-8H2,1H3,(H3-,20,21,22,26,28,29)/p+1/b23-12-/t13-,17-/m1/s1. The highest BCUT2D eigenvalue weighted by molar-refractivity contribution is 8.00. The summed E-state index contributed by atoms with van der Waals surface area (Å²) in [5, 5.41) is 17.4. The van der Waals surface area contributed by atoms with Gasteiger partial charge in [0, 0.05) is 28.8 Å². The predicted octanol–water partition coefficient (Wildman–Crippen LogP) is -0.198. The zero-order valence-corrected chi connectivity index (χ0v) is 18.4. The number of nitrogens with one attached hydrogen (secondary N) is 1. The summed E-state index contributed by atoms with van der Waals surface area (Å²) in [7, 11) is 1.28. The van der Waals surface area contributed by atoms with E-state index in [0.717, 1.165) is 11.3 Å². The van der Waals surface area contributed by atoms with Gasteiger partial charge in [-0.2, -0.15) is 0 Å². The molecule has 4 rings (SSSR count). The molecule has 4 heterocycles. The van der Waals surface area contributed by atoms with Crippen molar-refractivity contribution in [3.05, 3.63) is 52.9 Å². The van der Waals surface area contributed by atoms with Crippen molar-refractivity contribution in [2.75, 3.05) is 18.6 Å². The van der Waals surface area contributed by atoms with Gasteiger partial charge in [0.2, 0.25) is 0 Å². The van der Waals surface area contributed by atoms with Crippen LogP contribution in [0.5, 0.6) is 0 Å². The SMILES string of the molecule is CO/N=C(\C(=O)N[C@@H]1C(=O)N2C(C(=O)O)=C(C[n+]3ccccc3)CS[C@H]12)c1csc(N)n1. The summed E-state index contributed by atoms with van der Waals surface area (Å²) in [4.78, 5) is 47.6. The lowest BCUT2D eigenvalue weighted by molar-refractivity contribution is -0.689. The Morgan fingerprint density at radius 2 is 2.16 bits per heavy atom. The number of thiazole rings is 1. The van der Waals surface area contributed by atoms with Crippen LogP contribution in [-0.4, -0.2) is 62.8 Å². The Labute approximate surface area is 190 Å². The normalized spacial score (nSPS) is 20.5. The largest absolute Gasteiger partial charge is 0.477 e. The first-order valence-corrected chi connectivity index (χ1v) is 11.3. The maximum atomic E-state index is 12.9. The van der Waals surface area contributed by atoms with E-state index in [4.69, 9.17) is 10.6 Å². The molecule has 0 aliphatic carbocycles. The Hall–Kier alpha value is -3.45. The van der Waals surface area contributed by atoms with Crippen molar-refractivity contribution in [1.29, 1.82) is 0 Å². The van der Waals surface area contributed by atoms with Gasteiger partial charge in [0.15, 0.2) is 29.8 Å². The van der Waals surface area contributed by atoms with Gasteiger partial charge in [-0.05, 0) is 0 Å². The van der Waals surface area contributed by atoms with Gasteiger partial charge >= 0.3 is 5.97 Å². The van der Waals surface area contributed by atoms with E-state index in [1.54, 1.807) is 5.38 Å². The van der Waals surface area contributed by atoms with Gasteiger partial charge in [0.05, 0.1) is 0 Å². The number of hydrogen-bond acceptors (Lipinski definition) is 9. The van der Waals surface area contributed by atoms with Crippen LogP contribution in [0.15, 0.2) is 52.4 Å². The van der Waals surface area contributed by atoms with Crippen molar-refractivity contribution < 1.29 is 28.9 Å². The molecule has 32 heavy (non-hydrogen) atoms. The molecule has 2 amide bonds. The molecule has 0 saturated carbocycles. The van der Waals surface area contributed by atoms with Crippen LogP contribution in [0.4, 0.5) is 5.13 Å². The van der Waals surface area contributed by atoms with Crippen LogP contribution in [0.3, 0.4) is 0 Å². The second-order valence-electron chi connectivity index (χ2n) is 6.86. The molecule has 0 unspecified atom stereocenters. The Balaban J connectivity index is 1.53. The van der Waals surface area contributed by atoms with Crippen molar-refractivity contribution in [2.45, 2.75) is 18.0 Å². The van der Waals surface area contributed by atoms with Crippen LogP contribution >= 0.6 is 23.1 Å². The molecule has 2 aliphatic heterocycles. The van der Waals surface area contributed by atoms with E-state index in [1.807, 2.05) is 35.2 Å². The summed E-state index contributed by atoms with van der Waals surface area (Å²) < 4.78 is 1.84. The fourth-order valence-electron chi connectivity index (χ4n) is 3.47. The number of carbonyl (C=O) groups is 3. The summed E-state index contributed by atoms with van der Waals surface area (Å²) in [5.41, 5.74) is 6.30. The highest BCUT2D eigenvalue weighted by Crippen LogP contribution is 2.40. The first kappa shape index (κ1) is 21.8. The van der Waals surface area contributed by atoms with Crippen LogP contribution in [0.25, 0.3) is 0 Å². The summed E-state index contributed by atoms with van der Waals surface area (Å²) in [6.07, 6.45) is 3.65. The number of carbonyl (C=O) groups excluding carboxylic acids is 2. The van der Waals surface area contributed by atoms with Crippen molar-refractivity contribution >= 4 is 51.7 Å². The minimum Gasteiger partial charge on any atom is -0.477 e. The number of anilines is 1. The van der Waals surface area contributed by atoms with Crippen molar-refractivity contribution in [2.24, 2.45) is 5.16 Å². The average Bonchev–Trinajstić information content (AvgIpc) is 3.21. The van der Waals surface area contributed by atoms with Crippen LogP contribution in [0.2, 0.25) is 0 Å². The highest BCUT2D eigenvalue weighted by Gasteiger charge is 2.54. The predicted molar refractivity (Wildman–Crippen MR) is 116 cm³/mol. The number of nitrogen functional groups attached to an aromatic ring is 1. The van der Waals surface area contributed by atoms with Gasteiger partial charge in [-0.3, -0.25) is 14.5 Å². The van der Waals surface area contributed by atoms with Crippen molar-refractivity contribution in [3.63, 3.8) is 0 Å². The number of carboxylic acid groups (broad SMARTS) is 1. The van der Waals surface area contributed by atoms with Gasteiger partial charge < -0.3 is 21.0 Å². The number of β-lactam (4-membered cyclic amide) rings is 1. The number of oxime groups is 1. The topological polar surface area (TPSA) is 151 Å². The van der Waals surface area contributed by atoms with Crippen LogP contribution in [-0.2, 0) is 25.8 Å². The highest BCUT2D eigenvalue weighted by atomic mass is 32.2. The zero-order valence-electron chi connectivity index (χ0n) is 16.8. The summed E-state index contributed by atoms with van der Waals surface area (Å²) >= 11 is 2.53. The first-order chi connectivity index (χ1) is 15.4. The lowest BCUT2D eigenvalue weighted by Gasteiger charge is -2.49.